The molecule has 3 aliphatic rings. The van der Waals surface area contributed by atoms with Gasteiger partial charge in [-0.15, -0.1) is 0 Å². The van der Waals surface area contributed by atoms with Gasteiger partial charge in [-0.1, -0.05) is 24.3 Å². The minimum atomic E-state index is 0.147. The number of nitrogens with zero attached hydrogens (tertiary/aromatic N) is 2. The van der Waals surface area contributed by atoms with Gasteiger partial charge in [0.1, 0.15) is 5.69 Å². The number of aromatic amines is 1. The molecular weight excluding hydrogens is 334 g/mol. The number of carbonyl (C=O) groups is 1. The first-order valence-corrected chi connectivity index (χ1v) is 10.5. The second-order valence-corrected chi connectivity index (χ2v) is 8.54. The molecule has 0 saturated carbocycles. The molecule has 1 unspecified atom stereocenters. The molecular formula is C23H29N3O. The Kier molecular flexibility index (Phi) is 4.31. The molecule has 4 nitrogen and oxygen atoms in total. The topological polar surface area (TPSA) is 39.3 Å². The molecule has 2 aliphatic heterocycles. The summed E-state index contributed by atoms with van der Waals surface area (Å²) in [4.78, 5) is 20.5. The number of piperidine rings is 1. The number of fused-ring (bicyclic) bond motifs is 2. The molecule has 142 valence electrons. The van der Waals surface area contributed by atoms with Crippen molar-refractivity contribution < 1.29 is 4.79 Å². The third-order valence-corrected chi connectivity index (χ3v) is 7.21. The third-order valence-electron chi connectivity index (χ3n) is 7.21. The van der Waals surface area contributed by atoms with E-state index in [4.69, 9.17) is 0 Å². The van der Waals surface area contributed by atoms with Gasteiger partial charge in [0, 0.05) is 25.3 Å². The minimum absolute atomic E-state index is 0.147. The number of H-pyrrole nitrogens is 1. The average Bonchev–Trinajstić information content (AvgIpc) is 3.43. The van der Waals surface area contributed by atoms with Crippen molar-refractivity contribution in [3.8, 4) is 0 Å². The number of aromatic nitrogens is 1. The summed E-state index contributed by atoms with van der Waals surface area (Å²) in [6.45, 7) is 4.23. The zero-order valence-corrected chi connectivity index (χ0v) is 16.0. The van der Waals surface area contributed by atoms with Crippen LogP contribution in [0.25, 0.3) is 0 Å². The molecule has 5 rings (SSSR count). The number of hydrogen-bond acceptors (Lipinski definition) is 2. The number of nitrogens with one attached hydrogen (secondary N) is 1. The standard InChI is InChI=1S/C23H29N3O/c27-22(20-8-5-13-24-20)26-16-11-23(12-17-26)10-9-21(25-14-3-4-15-25)18-6-1-2-7-19(18)23/h1-2,5-8,13,21,24H,3-4,9-12,14-17H2. The van der Waals surface area contributed by atoms with Gasteiger partial charge >= 0.3 is 0 Å². The van der Waals surface area contributed by atoms with Crippen molar-refractivity contribution in [2.24, 2.45) is 0 Å². The number of rotatable bonds is 2. The highest BCUT2D eigenvalue weighted by Crippen LogP contribution is 2.49. The highest BCUT2D eigenvalue weighted by molar-refractivity contribution is 5.92. The summed E-state index contributed by atoms with van der Waals surface area (Å²) in [7, 11) is 0. The maximum absolute atomic E-state index is 12.7. The molecule has 1 aliphatic carbocycles. The van der Waals surface area contributed by atoms with Gasteiger partial charge in [-0.3, -0.25) is 9.69 Å². The fraction of sp³-hybridized carbons (Fsp3) is 0.522. The summed E-state index contributed by atoms with van der Waals surface area (Å²) >= 11 is 0. The second kappa shape index (κ2) is 6.83. The van der Waals surface area contributed by atoms with Crippen molar-refractivity contribution in [3.05, 3.63) is 59.4 Å². The number of carbonyl (C=O) groups excluding carboxylic acids is 1. The number of benzene rings is 1. The monoisotopic (exact) mass is 363 g/mol. The van der Waals surface area contributed by atoms with E-state index in [2.05, 4.69) is 34.1 Å². The summed E-state index contributed by atoms with van der Waals surface area (Å²) in [5, 5.41) is 0. The summed E-state index contributed by atoms with van der Waals surface area (Å²) in [5.74, 6) is 0.147. The lowest BCUT2D eigenvalue weighted by atomic mass is 9.63. The Morgan fingerprint density at radius 3 is 2.48 bits per heavy atom. The van der Waals surface area contributed by atoms with E-state index >= 15 is 0 Å². The fourth-order valence-electron chi connectivity index (χ4n) is 5.70. The van der Waals surface area contributed by atoms with Gasteiger partial charge in [-0.05, 0) is 80.3 Å². The normalized spacial score (nSPS) is 24.9. The highest BCUT2D eigenvalue weighted by Gasteiger charge is 2.43. The zero-order chi connectivity index (χ0) is 18.3. The van der Waals surface area contributed by atoms with Gasteiger partial charge in [0.05, 0.1) is 0 Å². The van der Waals surface area contributed by atoms with Gasteiger partial charge in [0.15, 0.2) is 0 Å². The van der Waals surface area contributed by atoms with Gasteiger partial charge < -0.3 is 9.88 Å². The summed E-state index contributed by atoms with van der Waals surface area (Å²) in [6.07, 6.45) is 9.22. The minimum Gasteiger partial charge on any atom is -0.357 e. The van der Waals surface area contributed by atoms with Crippen molar-refractivity contribution >= 4 is 5.91 Å². The lowest BCUT2D eigenvalue weighted by Gasteiger charge is -2.48. The van der Waals surface area contributed by atoms with Crippen molar-refractivity contribution in [3.63, 3.8) is 0 Å². The predicted molar refractivity (Wildman–Crippen MR) is 107 cm³/mol. The van der Waals surface area contributed by atoms with E-state index in [1.807, 2.05) is 23.2 Å². The summed E-state index contributed by atoms with van der Waals surface area (Å²) < 4.78 is 0. The molecule has 1 spiro atoms. The Hall–Kier alpha value is -2.07. The average molecular weight is 364 g/mol. The van der Waals surface area contributed by atoms with E-state index < -0.39 is 0 Å². The van der Waals surface area contributed by atoms with Gasteiger partial charge in [0.25, 0.3) is 5.91 Å². The van der Waals surface area contributed by atoms with Gasteiger partial charge in [-0.2, -0.15) is 0 Å². The molecule has 4 heteroatoms. The first kappa shape index (κ1) is 17.1. The van der Waals surface area contributed by atoms with Crippen LogP contribution in [-0.4, -0.2) is 46.9 Å². The van der Waals surface area contributed by atoms with Crippen LogP contribution >= 0.6 is 0 Å². The lowest BCUT2D eigenvalue weighted by molar-refractivity contribution is 0.0628. The molecule has 3 heterocycles. The van der Waals surface area contributed by atoms with Crippen LogP contribution in [0.2, 0.25) is 0 Å². The molecule has 2 aromatic rings. The van der Waals surface area contributed by atoms with Crippen LogP contribution in [0.4, 0.5) is 0 Å². The van der Waals surface area contributed by atoms with Crippen molar-refractivity contribution in [2.45, 2.75) is 50.0 Å². The summed E-state index contributed by atoms with van der Waals surface area (Å²) in [6, 6.07) is 13.6. The number of likely N-dealkylation sites (tertiary alicyclic amines) is 2. The molecule has 2 saturated heterocycles. The Morgan fingerprint density at radius 1 is 0.963 bits per heavy atom. The first-order chi connectivity index (χ1) is 13.3. The van der Waals surface area contributed by atoms with Crippen LogP contribution in [0.5, 0.6) is 0 Å². The molecule has 1 amide bonds. The van der Waals surface area contributed by atoms with E-state index in [9.17, 15) is 4.79 Å². The van der Waals surface area contributed by atoms with Crippen molar-refractivity contribution in [1.82, 2.24) is 14.8 Å². The van der Waals surface area contributed by atoms with Crippen LogP contribution in [0.3, 0.4) is 0 Å². The van der Waals surface area contributed by atoms with Crippen LogP contribution in [0.15, 0.2) is 42.6 Å². The maximum atomic E-state index is 12.7. The Bertz CT molecular complexity index is 799. The molecule has 0 radical (unpaired) electrons. The Labute approximate surface area is 161 Å². The largest absolute Gasteiger partial charge is 0.357 e. The molecule has 1 aromatic carbocycles. The van der Waals surface area contributed by atoms with E-state index in [1.165, 1.54) is 38.8 Å². The van der Waals surface area contributed by atoms with E-state index in [1.54, 1.807) is 11.1 Å². The number of hydrogen-bond donors (Lipinski definition) is 1. The zero-order valence-electron chi connectivity index (χ0n) is 16.0. The van der Waals surface area contributed by atoms with Crippen LogP contribution < -0.4 is 0 Å². The molecule has 2 fully saturated rings. The molecule has 0 bridgehead atoms. The van der Waals surface area contributed by atoms with E-state index in [0.29, 0.717) is 11.7 Å². The fourth-order valence-corrected chi connectivity index (χ4v) is 5.70. The SMILES string of the molecule is O=C(c1ccc[nH]1)N1CCC2(CCC(N3CCCC3)c3ccccc32)CC1. The molecule has 27 heavy (non-hydrogen) atoms. The van der Waals surface area contributed by atoms with Gasteiger partial charge in [0.2, 0.25) is 0 Å². The Balaban J connectivity index is 1.37. The van der Waals surface area contributed by atoms with Gasteiger partial charge in [-0.25, -0.2) is 0 Å². The van der Waals surface area contributed by atoms with Crippen LogP contribution in [-0.2, 0) is 5.41 Å². The number of amides is 1. The third kappa shape index (κ3) is 2.91. The lowest BCUT2D eigenvalue weighted by Crippen LogP contribution is -2.47. The van der Waals surface area contributed by atoms with E-state index in [-0.39, 0.29) is 11.3 Å². The molecule has 1 N–H and O–H groups in total. The smallest absolute Gasteiger partial charge is 0.270 e. The second-order valence-electron chi connectivity index (χ2n) is 8.54. The first-order valence-electron chi connectivity index (χ1n) is 10.5. The molecule has 1 aromatic heterocycles. The van der Waals surface area contributed by atoms with E-state index in [0.717, 1.165) is 25.9 Å². The predicted octanol–water partition coefficient (Wildman–Crippen LogP) is 4.12. The van der Waals surface area contributed by atoms with Crippen molar-refractivity contribution in [1.29, 1.82) is 0 Å². The summed E-state index contributed by atoms with van der Waals surface area (Å²) in [5.41, 5.74) is 4.11. The Morgan fingerprint density at radius 2 is 1.74 bits per heavy atom. The van der Waals surface area contributed by atoms with Crippen LogP contribution in [0, 0.1) is 0 Å². The van der Waals surface area contributed by atoms with Crippen molar-refractivity contribution in [2.75, 3.05) is 26.2 Å². The quantitative estimate of drug-likeness (QED) is 0.872. The highest BCUT2D eigenvalue weighted by atomic mass is 16.2. The maximum Gasteiger partial charge on any atom is 0.270 e. The molecule has 1 atom stereocenters. The van der Waals surface area contributed by atoms with Crippen LogP contribution in [0.1, 0.15) is 66.2 Å².